The first-order chi connectivity index (χ1) is 10.9. The Morgan fingerprint density at radius 2 is 2.17 bits per heavy atom. The summed E-state index contributed by atoms with van der Waals surface area (Å²) in [5.74, 6) is 0.809. The summed E-state index contributed by atoms with van der Waals surface area (Å²) in [5, 5.41) is 6.74. The zero-order chi connectivity index (χ0) is 16.9. The minimum atomic E-state index is 0.0951. The average molecular weight is 326 g/mol. The summed E-state index contributed by atoms with van der Waals surface area (Å²) < 4.78 is 11.6. The number of hydrogen-bond donors (Lipinski definition) is 2. The SMILES string of the molecule is CN=C(NCC1CN2CCCC2CO1)NCC(OC)C(C)(C)C. The number of aliphatic imine (C=N–C) groups is 1. The zero-order valence-corrected chi connectivity index (χ0v) is 15.4. The molecule has 2 fully saturated rings. The highest BCUT2D eigenvalue weighted by atomic mass is 16.5. The predicted octanol–water partition coefficient (Wildman–Crippen LogP) is 1.08. The van der Waals surface area contributed by atoms with Crippen molar-refractivity contribution in [2.45, 2.75) is 51.9 Å². The maximum Gasteiger partial charge on any atom is 0.191 e. The van der Waals surface area contributed by atoms with E-state index < -0.39 is 0 Å². The number of hydrogen-bond acceptors (Lipinski definition) is 4. The van der Waals surface area contributed by atoms with Crippen LogP contribution in [-0.2, 0) is 9.47 Å². The Balaban J connectivity index is 1.73. The number of ether oxygens (including phenoxy) is 2. The Hall–Kier alpha value is -0.850. The van der Waals surface area contributed by atoms with Gasteiger partial charge in [-0.2, -0.15) is 0 Å². The molecule has 23 heavy (non-hydrogen) atoms. The standard InChI is InChI=1S/C17H34N4O2/c1-17(2,3)15(22-5)10-20-16(18-4)19-9-14-11-21-8-6-7-13(21)12-23-14/h13-15H,6-12H2,1-5H3,(H2,18,19,20). The van der Waals surface area contributed by atoms with E-state index in [9.17, 15) is 0 Å². The lowest BCUT2D eigenvalue weighted by atomic mass is 9.89. The van der Waals surface area contributed by atoms with Gasteiger partial charge in [-0.3, -0.25) is 9.89 Å². The van der Waals surface area contributed by atoms with Crippen LogP contribution < -0.4 is 10.6 Å². The number of nitrogens with zero attached hydrogens (tertiary/aromatic N) is 2. The van der Waals surface area contributed by atoms with Gasteiger partial charge in [-0.1, -0.05) is 20.8 Å². The first-order valence-corrected chi connectivity index (χ1v) is 8.77. The molecule has 134 valence electrons. The molecule has 0 aromatic heterocycles. The molecule has 0 aromatic carbocycles. The molecule has 6 nitrogen and oxygen atoms in total. The molecule has 0 amide bonds. The second kappa shape index (κ2) is 8.31. The maximum atomic E-state index is 5.98. The molecule has 0 spiro atoms. The number of guanidine groups is 1. The molecule has 2 N–H and O–H groups in total. The molecule has 0 radical (unpaired) electrons. The van der Waals surface area contributed by atoms with Crippen LogP contribution in [-0.4, -0.2) is 76.1 Å². The van der Waals surface area contributed by atoms with Crippen molar-refractivity contribution in [2.75, 3.05) is 46.9 Å². The van der Waals surface area contributed by atoms with E-state index in [1.165, 1.54) is 19.4 Å². The highest BCUT2D eigenvalue weighted by molar-refractivity contribution is 5.79. The summed E-state index contributed by atoms with van der Waals surface area (Å²) in [5.41, 5.74) is 0.0951. The third-order valence-electron chi connectivity index (χ3n) is 4.89. The van der Waals surface area contributed by atoms with Gasteiger partial charge < -0.3 is 20.1 Å². The molecule has 0 bridgehead atoms. The summed E-state index contributed by atoms with van der Waals surface area (Å²) in [4.78, 5) is 6.86. The fourth-order valence-corrected chi connectivity index (χ4v) is 3.37. The lowest BCUT2D eigenvalue weighted by Gasteiger charge is -2.35. The van der Waals surface area contributed by atoms with Crippen molar-refractivity contribution >= 4 is 5.96 Å². The van der Waals surface area contributed by atoms with Gasteiger partial charge in [0.2, 0.25) is 0 Å². The molecule has 0 aromatic rings. The van der Waals surface area contributed by atoms with Crippen molar-refractivity contribution in [3.63, 3.8) is 0 Å². The van der Waals surface area contributed by atoms with E-state index in [0.29, 0.717) is 6.04 Å². The second-order valence-electron chi connectivity index (χ2n) is 7.67. The Morgan fingerprint density at radius 3 is 2.83 bits per heavy atom. The Morgan fingerprint density at radius 1 is 1.39 bits per heavy atom. The zero-order valence-electron chi connectivity index (χ0n) is 15.4. The molecule has 2 rings (SSSR count). The summed E-state index contributed by atoms with van der Waals surface area (Å²) in [6.07, 6.45) is 2.97. The summed E-state index contributed by atoms with van der Waals surface area (Å²) in [6.45, 7) is 11.2. The molecule has 2 aliphatic heterocycles. The van der Waals surface area contributed by atoms with Gasteiger partial charge in [0.1, 0.15) is 0 Å². The largest absolute Gasteiger partial charge is 0.379 e. The summed E-state index contributed by atoms with van der Waals surface area (Å²) in [6, 6.07) is 0.651. The maximum absolute atomic E-state index is 5.98. The van der Waals surface area contributed by atoms with Crippen LogP contribution in [0.3, 0.4) is 0 Å². The fourth-order valence-electron chi connectivity index (χ4n) is 3.37. The van der Waals surface area contributed by atoms with Crippen LogP contribution in [0.5, 0.6) is 0 Å². The number of morpholine rings is 1. The van der Waals surface area contributed by atoms with Crippen molar-refractivity contribution in [3.8, 4) is 0 Å². The van der Waals surface area contributed by atoms with Crippen molar-refractivity contribution in [1.82, 2.24) is 15.5 Å². The number of fused-ring (bicyclic) bond motifs is 1. The van der Waals surface area contributed by atoms with Crippen LogP contribution in [0.2, 0.25) is 0 Å². The van der Waals surface area contributed by atoms with Gasteiger partial charge >= 0.3 is 0 Å². The van der Waals surface area contributed by atoms with Gasteiger partial charge in [0.15, 0.2) is 5.96 Å². The smallest absolute Gasteiger partial charge is 0.191 e. The Kier molecular flexibility index (Phi) is 6.68. The van der Waals surface area contributed by atoms with Crippen LogP contribution in [0.1, 0.15) is 33.6 Å². The predicted molar refractivity (Wildman–Crippen MR) is 94.0 cm³/mol. The minimum Gasteiger partial charge on any atom is -0.379 e. The number of methoxy groups -OCH3 is 1. The van der Waals surface area contributed by atoms with Crippen molar-refractivity contribution in [2.24, 2.45) is 10.4 Å². The molecule has 2 heterocycles. The van der Waals surface area contributed by atoms with Crippen molar-refractivity contribution < 1.29 is 9.47 Å². The van der Waals surface area contributed by atoms with Crippen LogP contribution in [0.4, 0.5) is 0 Å². The van der Waals surface area contributed by atoms with Gasteiger partial charge in [-0.25, -0.2) is 0 Å². The average Bonchev–Trinajstić information content (AvgIpc) is 2.97. The van der Waals surface area contributed by atoms with Gasteiger partial charge in [0.25, 0.3) is 0 Å². The first kappa shape index (κ1) is 18.5. The van der Waals surface area contributed by atoms with E-state index in [0.717, 1.165) is 32.2 Å². The van der Waals surface area contributed by atoms with Gasteiger partial charge in [0, 0.05) is 39.8 Å². The lowest BCUT2D eigenvalue weighted by molar-refractivity contribution is -0.0453. The fraction of sp³-hybridized carbons (Fsp3) is 0.941. The minimum absolute atomic E-state index is 0.0951. The normalized spacial score (nSPS) is 27.6. The summed E-state index contributed by atoms with van der Waals surface area (Å²) >= 11 is 0. The quantitative estimate of drug-likeness (QED) is 0.585. The van der Waals surface area contributed by atoms with E-state index in [1.54, 1.807) is 14.2 Å². The summed E-state index contributed by atoms with van der Waals surface area (Å²) in [7, 11) is 3.56. The van der Waals surface area contributed by atoms with Crippen LogP contribution in [0, 0.1) is 5.41 Å². The van der Waals surface area contributed by atoms with E-state index in [4.69, 9.17) is 9.47 Å². The Bertz CT molecular complexity index is 395. The molecule has 3 atom stereocenters. The molecule has 2 aliphatic rings. The number of rotatable bonds is 5. The van der Waals surface area contributed by atoms with Crippen LogP contribution in [0.25, 0.3) is 0 Å². The monoisotopic (exact) mass is 326 g/mol. The molecule has 6 heteroatoms. The topological polar surface area (TPSA) is 58.1 Å². The molecular weight excluding hydrogens is 292 g/mol. The van der Waals surface area contributed by atoms with E-state index in [-0.39, 0.29) is 17.6 Å². The molecule has 3 unspecified atom stereocenters. The second-order valence-corrected chi connectivity index (χ2v) is 7.67. The van der Waals surface area contributed by atoms with E-state index in [2.05, 4.69) is 41.3 Å². The highest BCUT2D eigenvalue weighted by Gasteiger charge is 2.32. The van der Waals surface area contributed by atoms with Gasteiger partial charge in [-0.15, -0.1) is 0 Å². The number of nitrogens with one attached hydrogen (secondary N) is 2. The third-order valence-corrected chi connectivity index (χ3v) is 4.89. The van der Waals surface area contributed by atoms with Crippen LogP contribution >= 0.6 is 0 Å². The van der Waals surface area contributed by atoms with Gasteiger partial charge in [-0.05, 0) is 24.8 Å². The molecule has 0 saturated carbocycles. The Labute approximate surface area is 141 Å². The third kappa shape index (κ3) is 5.33. The molecular formula is C17H34N4O2. The van der Waals surface area contributed by atoms with Crippen LogP contribution in [0.15, 0.2) is 4.99 Å². The molecule has 0 aliphatic carbocycles. The van der Waals surface area contributed by atoms with E-state index in [1.807, 2.05) is 0 Å². The first-order valence-electron chi connectivity index (χ1n) is 8.77. The lowest BCUT2D eigenvalue weighted by Crippen LogP contribution is -2.52. The highest BCUT2D eigenvalue weighted by Crippen LogP contribution is 2.22. The van der Waals surface area contributed by atoms with Crippen molar-refractivity contribution in [3.05, 3.63) is 0 Å². The van der Waals surface area contributed by atoms with E-state index >= 15 is 0 Å². The van der Waals surface area contributed by atoms with Crippen molar-refractivity contribution in [1.29, 1.82) is 0 Å². The molecule has 2 saturated heterocycles. The van der Waals surface area contributed by atoms with Gasteiger partial charge in [0.05, 0.1) is 18.8 Å².